The van der Waals surface area contributed by atoms with E-state index in [0.29, 0.717) is 35.0 Å². The van der Waals surface area contributed by atoms with Gasteiger partial charge in [0.1, 0.15) is 11.6 Å². The molecule has 0 atom stereocenters. The molecule has 0 unspecified atom stereocenters. The first-order valence-electron chi connectivity index (χ1n) is 12.8. The Hall–Kier alpha value is -1.97. The molecule has 2 saturated carbocycles. The summed E-state index contributed by atoms with van der Waals surface area (Å²) in [5, 5.41) is 0. The molecule has 2 aromatic carbocycles. The minimum Gasteiger partial charge on any atom is -0.493 e. The van der Waals surface area contributed by atoms with E-state index >= 15 is 8.78 Å². The molecule has 0 radical (unpaired) electrons. The molecule has 2 aliphatic rings. The molecular weight excluding hydrogens is 421 g/mol. The zero-order valence-corrected chi connectivity index (χ0v) is 20.0. The molecule has 4 heteroatoms. The highest BCUT2D eigenvalue weighted by Crippen LogP contribution is 2.42. The van der Waals surface area contributed by atoms with Gasteiger partial charge in [-0.15, -0.1) is 0 Å². The second kappa shape index (κ2) is 11.0. The normalized spacial score (nSPS) is 25.7. The third kappa shape index (κ3) is 5.75. The Kier molecular flexibility index (Phi) is 8.03. The van der Waals surface area contributed by atoms with Gasteiger partial charge in [0.25, 0.3) is 0 Å². The van der Waals surface area contributed by atoms with Crippen LogP contribution in [0.2, 0.25) is 0 Å². The zero-order valence-electron chi connectivity index (χ0n) is 20.0. The van der Waals surface area contributed by atoms with E-state index in [1.165, 1.54) is 18.9 Å². The Morgan fingerprint density at radius 3 is 1.82 bits per heavy atom. The smallest absolute Gasteiger partial charge is 0.162 e. The number of halogens is 3. The van der Waals surface area contributed by atoms with E-state index in [1.54, 1.807) is 19.1 Å². The van der Waals surface area contributed by atoms with Crippen molar-refractivity contribution < 1.29 is 17.9 Å². The summed E-state index contributed by atoms with van der Waals surface area (Å²) in [4.78, 5) is 0. The molecule has 0 aliphatic heterocycles. The molecule has 2 fully saturated rings. The average molecular weight is 459 g/mol. The third-order valence-electron chi connectivity index (χ3n) is 8.04. The van der Waals surface area contributed by atoms with Crippen molar-refractivity contribution in [3.8, 4) is 5.75 Å². The van der Waals surface area contributed by atoms with Crippen molar-refractivity contribution in [1.82, 2.24) is 0 Å². The summed E-state index contributed by atoms with van der Waals surface area (Å²) in [5.41, 5.74) is 1.72. The van der Waals surface area contributed by atoms with E-state index in [2.05, 4.69) is 6.92 Å². The summed E-state index contributed by atoms with van der Waals surface area (Å²) in [6.07, 6.45) is 10.1. The van der Waals surface area contributed by atoms with Gasteiger partial charge in [-0.3, -0.25) is 0 Å². The van der Waals surface area contributed by atoms with Crippen LogP contribution >= 0.6 is 0 Å². The van der Waals surface area contributed by atoms with Crippen molar-refractivity contribution >= 4 is 0 Å². The second-order valence-corrected chi connectivity index (χ2v) is 10.3. The maximum atomic E-state index is 15.1. The fraction of sp³-hybridized carbons (Fsp3) is 0.586. The lowest BCUT2D eigenvalue weighted by Gasteiger charge is -2.31. The second-order valence-electron chi connectivity index (χ2n) is 10.3. The molecule has 1 nitrogen and oxygen atoms in total. The number of hydrogen-bond donors (Lipinski definition) is 0. The first kappa shape index (κ1) is 24.2. The van der Waals surface area contributed by atoms with Gasteiger partial charge in [0.2, 0.25) is 0 Å². The highest BCUT2D eigenvalue weighted by molar-refractivity contribution is 5.32. The molecule has 0 N–H and O–H groups in total. The maximum Gasteiger partial charge on any atom is 0.162 e. The lowest BCUT2D eigenvalue weighted by Crippen LogP contribution is -2.20. The van der Waals surface area contributed by atoms with Crippen molar-refractivity contribution in [2.24, 2.45) is 11.8 Å². The van der Waals surface area contributed by atoms with Crippen LogP contribution in [0.3, 0.4) is 0 Å². The van der Waals surface area contributed by atoms with Crippen LogP contribution in [0, 0.1) is 36.2 Å². The molecule has 180 valence electrons. The Labute approximate surface area is 196 Å². The van der Waals surface area contributed by atoms with Crippen molar-refractivity contribution in [1.29, 1.82) is 0 Å². The fourth-order valence-corrected chi connectivity index (χ4v) is 5.90. The maximum absolute atomic E-state index is 15.1. The molecule has 0 spiro atoms. The monoisotopic (exact) mass is 458 g/mol. The van der Waals surface area contributed by atoms with Crippen LogP contribution in [0.15, 0.2) is 30.3 Å². The summed E-state index contributed by atoms with van der Waals surface area (Å²) in [5.74, 6) is 0.372. The quantitative estimate of drug-likeness (QED) is 0.403. The van der Waals surface area contributed by atoms with Crippen LogP contribution in [0.25, 0.3) is 0 Å². The van der Waals surface area contributed by atoms with E-state index in [-0.39, 0.29) is 17.7 Å². The van der Waals surface area contributed by atoms with E-state index in [0.717, 1.165) is 57.3 Å². The molecule has 0 heterocycles. The van der Waals surface area contributed by atoms with Crippen LogP contribution in [0.4, 0.5) is 13.2 Å². The lowest BCUT2D eigenvalue weighted by molar-refractivity contribution is 0.198. The van der Waals surface area contributed by atoms with Gasteiger partial charge in [0.05, 0.1) is 6.61 Å². The highest BCUT2D eigenvalue weighted by Gasteiger charge is 2.29. The van der Waals surface area contributed by atoms with Gasteiger partial charge < -0.3 is 4.74 Å². The Balaban J connectivity index is 1.32. The van der Waals surface area contributed by atoms with E-state index in [4.69, 9.17) is 4.74 Å². The SMILES string of the molecule is CCCC1CCC(c2ccc(C3CCC(COc4ccc(C)c(F)c4)CC3)c(F)c2F)CC1. The number of hydrogen-bond acceptors (Lipinski definition) is 1. The minimum absolute atomic E-state index is 0.0573. The summed E-state index contributed by atoms with van der Waals surface area (Å²) in [6.45, 7) is 4.48. The van der Waals surface area contributed by atoms with Crippen LogP contribution in [0.1, 0.15) is 99.7 Å². The summed E-state index contributed by atoms with van der Waals surface area (Å²) < 4.78 is 49.7. The van der Waals surface area contributed by atoms with Gasteiger partial charge in [-0.05, 0) is 105 Å². The van der Waals surface area contributed by atoms with E-state index in [1.807, 2.05) is 12.1 Å². The van der Waals surface area contributed by atoms with Crippen molar-refractivity contribution in [3.05, 3.63) is 64.5 Å². The predicted molar refractivity (Wildman–Crippen MR) is 127 cm³/mol. The van der Waals surface area contributed by atoms with Crippen molar-refractivity contribution in [3.63, 3.8) is 0 Å². The molecule has 0 amide bonds. The number of ether oxygens (including phenoxy) is 1. The lowest BCUT2D eigenvalue weighted by atomic mass is 9.75. The zero-order chi connectivity index (χ0) is 23.4. The van der Waals surface area contributed by atoms with Crippen molar-refractivity contribution in [2.75, 3.05) is 6.61 Å². The highest BCUT2D eigenvalue weighted by atomic mass is 19.2. The third-order valence-corrected chi connectivity index (χ3v) is 8.04. The molecule has 0 aromatic heterocycles. The topological polar surface area (TPSA) is 9.23 Å². The fourth-order valence-electron chi connectivity index (χ4n) is 5.90. The first-order chi connectivity index (χ1) is 16.0. The molecule has 2 aromatic rings. The number of benzene rings is 2. The summed E-state index contributed by atoms with van der Waals surface area (Å²) >= 11 is 0. The van der Waals surface area contributed by atoms with Gasteiger partial charge in [0, 0.05) is 6.07 Å². The number of aryl methyl sites for hydroxylation is 1. The molecule has 2 aliphatic carbocycles. The Morgan fingerprint density at radius 2 is 1.30 bits per heavy atom. The van der Waals surface area contributed by atoms with Gasteiger partial charge in [-0.1, -0.05) is 38.0 Å². The van der Waals surface area contributed by atoms with E-state index < -0.39 is 11.6 Å². The van der Waals surface area contributed by atoms with Crippen LogP contribution < -0.4 is 4.74 Å². The molecule has 33 heavy (non-hydrogen) atoms. The van der Waals surface area contributed by atoms with Crippen molar-refractivity contribution in [2.45, 2.75) is 89.9 Å². The first-order valence-corrected chi connectivity index (χ1v) is 12.8. The number of rotatable bonds is 7. The van der Waals surface area contributed by atoms with Crippen LogP contribution in [0.5, 0.6) is 5.75 Å². The van der Waals surface area contributed by atoms with Crippen LogP contribution in [-0.2, 0) is 0 Å². The minimum atomic E-state index is -0.627. The average Bonchev–Trinajstić information content (AvgIpc) is 2.83. The standard InChI is InChI=1S/C29H37F3O/c1-3-4-20-6-10-22(11-7-20)25-15-16-26(29(32)28(25)31)23-12-8-21(9-13-23)18-33-24-14-5-19(2)27(30)17-24/h5,14-17,20-23H,3-4,6-13,18H2,1-2H3. The van der Waals surface area contributed by atoms with Gasteiger partial charge in [0.15, 0.2) is 11.6 Å². The molecule has 0 saturated heterocycles. The van der Waals surface area contributed by atoms with Gasteiger partial charge >= 0.3 is 0 Å². The predicted octanol–water partition coefficient (Wildman–Crippen LogP) is 8.84. The summed E-state index contributed by atoms with van der Waals surface area (Å²) in [6, 6.07) is 8.65. The Morgan fingerprint density at radius 1 is 0.758 bits per heavy atom. The van der Waals surface area contributed by atoms with Crippen LogP contribution in [-0.4, -0.2) is 6.61 Å². The van der Waals surface area contributed by atoms with E-state index in [9.17, 15) is 4.39 Å². The Bertz CT molecular complexity index is 925. The van der Waals surface area contributed by atoms with Gasteiger partial charge in [-0.2, -0.15) is 0 Å². The molecule has 4 rings (SSSR count). The largest absolute Gasteiger partial charge is 0.493 e. The molecular formula is C29H37F3O. The van der Waals surface area contributed by atoms with Gasteiger partial charge in [-0.25, -0.2) is 13.2 Å². The summed E-state index contributed by atoms with van der Waals surface area (Å²) in [7, 11) is 0. The molecule has 0 bridgehead atoms.